The van der Waals surface area contributed by atoms with Gasteiger partial charge in [-0.25, -0.2) is 0 Å². The number of ketones is 1. The van der Waals surface area contributed by atoms with E-state index in [1.165, 1.54) is 0 Å². The minimum atomic E-state index is -0.0401. The Morgan fingerprint density at radius 3 is 2.57 bits per heavy atom. The Labute approximate surface area is 132 Å². The molecule has 112 valence electrons. The van der Waals surface area contributed by atoms with E-state index in [0.29, 0.717) is 28.8 Å². The zero-order chi connectivity index (χ0) is 15.4. The van der Waals surface area contributed by atoms with Crippen LogP contribution in [0.25, 0.3) is 0 Å². The number of likely N-dealkylation sites (N-methyl/N-ethyl adjacent to an activating group) is 1. The highest BCUT2D eigenvalue weighted by atomic mass is 79.9. The Hall–Kier alpha value is -1.50. The number of hydrogen-bond acceptors (Lipinski definition) is 4. The van der Waals surface area contributed by atoms with Gasteiger partial charge in [0, 0.05) is 18.7 Å². The van der Waals surface area contributed by atoms with Crippen LogP contribution in [0.2, 0.25) is 0 Å². The normalized spacial score (nSPS) is 11.1. The maximum absolute atomic E-state index is 12.7. The number of hydrogen-bond donors (Lipinski definition) is 1. The van der Waals surface area contributed by atoms with Gasteiger partial charge in [-0.1, -0.05) is 24.3 Å². The molecule has 0 saturated carbocycles. The largest absolute Gasteiger partial charge is 0.326 e. The van der Waals surface area contributed by atoms with Crippen molar-refractivity contribution in [3.05, 3.63) is 51.8 Å². The fraction of sp³-hybridized carbons (Fsp3) is 0.333. The topological polar surface area (TPSA) is 64.2 Å². The summed E-state index contributed by atoms with van der Waals surface area (Å²) in [5.41, 5.74) is 7.80. The molecule has 21 heavy (non-hydrogen) atoms. The number of aromatic nitrogens is 2. The first-order chi connectivity index (χ1) is 10.0. The minimum Gasteiger partial charge on any atom is -0.326 e. The van der Waals surface area contributed by atoms with Gasteiger partial charge in [0.25, 0.3) is 0 Å². The van der Waals surface area contributed by atoms with Gasteiger partial charge in [0.2, 0.25) is 5.78 Å². The predicted octanol–water partition coefficient (Wildman–Crippen LogP) is 1.90. The second-order valence-corrected chi connectivity index (χ2v) is 5.95. The molecule has 0 aliphatic rings. The first kappa shape index (κ1) is 15.9. The summed E-state index contributed by atoms with van der Waals surface area (Å²) in [7, 11) is 3.98. The van der Waals surface area contributed by atoms with E-state index in [1.54, 1.807) is 23.0 Å². The van der Waals surface area contributed by atoms with Gasteiger partial charge in [0.15, 0.2) is 0 Å². The first-order valence-electron chi connectivity index (χ1n) is 6.72. The van der Waals surface area contributed by atoms with E-state index in [-0.39, 0.29) is 5.78 Å². The average Bonchev–Trinajstić information content (AvgIpc) is 2.85. The Morgan fingerprint density at radius 2 is 2.00 bits per heavy atom. The molecule has 0 fully saturated rings. The van der Waals surface area contributed by atoms with Crippen LogP contribution in [-0.2, 0) is 13.1 Å². The van der Waals surface area contributed by atoms with Crippen LogP contribution in [-0.4, -0.2) is 41.1 Å². The fourth-order valence-corrected chi connectivity index (χ4v) is 2.46. The highest BCUT2D eigenvalue weighted by Crippen LogP contribution is 2.20. The van der Waals surface area contributed by atoms with Gasteiger partial charge in [0.05, 0.1) is 17.2 Å². The van der Waals surface area contributed by atoms with Crippen molar-refractivity contribution in [2.75, 3.05) is 20.6 Å². The summed E-state index contributed by atoms with van der Waals surface area (Å²) in [5.74, 6) is -0.0401. The first-order valence-corrected chi connectivity index (χ1v) is 7.52. The lowest BCUT2D eigenvalue weighted by Gasteiger charge is -2.12. The molecule has 0 atom stereocenters. The van der Waals surface area contributed by atoms with Crippen molar-refractivity contribution in [3.8, 4) is 0 Å². The highest BCUT2D eigenvalue weighted by Gasteiger charge is 2.18. The molecule has 1 aromatic heterocycles. The molecule has 6 heteroatoms. The molecule has 0 spiro atoms. The van der Waals surface area contributed by atoms with Crippen molar-refractivity contribution in [1.82, 2.24) is 14.7 Å². The average molecular weight is 351 g/mol. The number of benzene rings is 1. The highest BCUT2D eigenvalue weighted by molar-refractivity contribution is 9.10. The van der Waals surface area contributed by atoms with E-state index in [2.05, 4.69) is 25.9 Å². The number of carbonyl (C=O) groups excluding carboxylic acids is 1. The van der Waals surface area contributed by atoms with Crippen molar-refractivity contribution in [1.29, 1.82) is 0 Å². The fourth-order valence-electron chi connectivity index (χ4n) is 1.98. The molecule has 0 bridgehead atoms. The van der Waals surface area contributed by atoms with E-state index in [4.69, 9.17) is 5.73 Å². The zero-order valence-electron chi connectivity index (χ0n) is 12.2. The number of nitrogens with two attached hydrogens (primary N) is 1. The quantitative estimate of drug-likeness (QED) is 0.808. The second-order valence-electron chi connectivity index (χ2n) is 5.10. The number of rotatable bonds is 6. The standard InChI is InChI=1S/C15H19BrN4O/c1-19(2)7-8-20-14(13(16)10-18-20)15(21)12-5-3-11(9-17)4-6-12/h3-6,10H,7-9,17H2,1-2H3. The van der Waals surface area contributed by atoms with Crippen LogP contribution in [0.5, 0.6) is 0 Å². The lowest BCUT2D eigenvalue weighted by molar-refractivity contribution is 0.102. The van der Waals surface area contributed by atoms with E-state index in [1.807, 2.05) is 26.2 Å². The van der Waals surface area contributed by atoms with Gasteiger partial charge < -0.3 is 10.6 Å². The molecule has 0 amide bonds. The predicted molar refractivity (Wildman–Crippen MR) is 86.2 cm³/mol. The third kappa shape index (κ3) is 3.78. The van der Waals surface area contributed by atoms with Crippen molar-refractivity contribution < 1.29 is 4.79 Å². The maximum Gasteiger partial charge on any atom is 0.212 e. The Bertz CT molecular complexity index is 619. The van der Waals surface area contributed by atoms with Crippen molar-refractivity contribution >= 4 is 21.7 Å². The molecular weight excluding hydrogens is 332 g/mol. The lowest BCUT2D eigenvalue weighted by atomic mass is 10.1. The molecule has 0 unspecified atom stereocenters. The van der Waals surface area contributed by atoms with E-state index in [0.717, 1.165) is 12.1 Å². The number of halogens is 1. The van der Waals surface area contributed by atoms with E-state index < -0.39 is 0 Å². The zero-order valence-corrected chi connectivity index (χ0v) is 13.8. The van der Waals surface area contributed by atoms with Crippen LogP contribution >= 0.6 is 15.9 Å². The van der Waals surface area contributed by atoms with Gasteiger partial charge in [-0.2, -0.15) is 5.10 Å². The van der Waals surface area contributed by atoms with Crippen LogP contribution < -0.4 is 5.73 Å². The molecule has 0 radical (unpaired) electrons. The summed E-state index contributed by atoms with van der Waals surface area (Å²) in [6.45, 7) is 1.96. The third-order valence-electron chi connectivity index (χ3n) is 3.22. The summed E-state index contributed by atoms with van der Waals surface area (Å²) in [6, 6.07) is 7.36. The SMILES string of the molecule is CN(C)CCn1ncc(Br)c1C(=O)c1ccc(CN)cc1. The van der Waals surface area contributed by atoms with Crippen LogP contribution in [0.3, 0.4) is 0 Å². The molecule has 5 nitrogen and oxygen atoms in total. The number of nitrogens with zero attached hydrogens (tertiary/aromatic N) is 3. The van der Waals surface area contributed by atoms with Crippen molar-refractivity contribution in [2.24, 2.45) is 5.73 Å². The van der Waals surface area contributed by atoms with E-state index in [9.17, 15) is 4.79 Å². The molecule has 2 N–H and O–H groups in total. The van der Waals surface area contributed by atoms with Gasteiger partial charge in [-0.3, -0.25) is 9.48 Å². The number of carbonyl (C=O) groups is 1. The smallest absolute Gasteiger partial charge is 0.212 e. The Morgan fingerprint density at radius 1 is 1.33 bits per heavy atom. The summed E-state index contributed by atoms with van der Waals surface area (Å²) < 4.78 is 2.46. The van der Waals surface area contributed by atoms with Crippen LogP contribution in [0, 0.1) is 0 Å². The van der Waals surface area contributed by atoms with Crippen LogP contribution in [0.4, 0.5) is 0 Å². The third-order valence-corrected chi connectivity index (χ3v) is 3.80. The van der Waals surface area contributed by atoms with Gasteiger partial charge in [-0.15, -0.1) is 0 Å². The molecule has 0 aliphatic carbocycles. The summed E-state index contributed by atoms with van der Waals surface area (Å²) in [4.78, 5) is 14.7. The summed E-state index contributed by atoms with van der Waals surface area (Å²) in [5, 5.41) is 4.27. The summed E-state index contributed by atoms with van der Waals surface area (Å²) in [6.07, 6.45) is 1.66. The summed E-state index contributed by atoms with van der Waals surface area (Å²) >= 11 is 3.41. The Kier molecular flexibility index (Phi) is 5.27. The molecule has 1 aromatic carbocycles. The van der Waals surface area contributed by atoms with Gasteiger partial charge in [0.1, 0.15) is 5.69 Å². The lowest BCUT2D eigenvalue weighted by Crippen LogP contribution is -2.21. The van der Waals surface area contributed by atoms with Crippen LogP contribution in [0.15, 0.2) is 34.9 Å². The monoisotopic (exact) mass is 350 g/mol. The molecule has 2 aromatic rings. The second kappa shape index (κ2) is 6.98. The molecule has 0 saturated heterocycles. The molecule has 2 rings (SSSR count). The van der Waals surface area contributed by atoms with Crippen LogP contribution in [0.1, 0.15) is 21.6 Å². The molecule has 0 aliphatic heterocycles. The van der Waals surface area contributed by atoms with Crippen molar-refractivity contribution in [3.63, 3.8) is 0 Å². The maximum atomic E-state index is 12.7. The van der Waals surface area contributed by atoms with E-state index >= 15 is 0 Å². The Balaban J connectivity index is 2.27. The molecule has 1 heterocycles. The molecular formula is C15H19BrN4O. The van der Waals surface area contributed by atoms with Gasteiger partial charge in [-0.05, 0) is 35.6 Å². The van der Waals surface area contributed by atoms with Crippen molar-refractivity contribution in [2.45, 2.75) is 13.1 Å². The van der Waals surface area contributed by atoms with Gasteiger partial charge >= 0.3 is 0 Å². The minimum absolute atomic E-state index is 0.0401.